The Hall–Kier alpha value is -3.31. The zero-order valence-corrected chi connectivity index (χ0v) is 24.2. The smallest absolute Gasteiger partial charge is 0.305 e. The molecule has 1 atom stereocenters. The van der Waals surface area contributed by atoms with Crippen molar-refractivity contribution < 1.29 is 19.4 Å². The standard InChI is InChI=1S/C33H40ClNO4/c1-5-6-7-8-9-30(24-10-12-25(13-11-24)32(38)35-21-20-31(36)37)39-27-18-19-28(29(34)22-27)23-14-16-26(17-15-23)33(2,3)4/h10-19,22,30H,5-9,20-21H2,1-4H3,(H,35,38)(H,36,37). The van der Waals surface area contributed by atoms with Gasteiger partial charge in [0, 0.05) is 17.7 Å². The van der Waals surface area contributed by atoms with Gasteiger partial charge in [-0.3, -0.25) is 9.59 Å². The fourth-order valence-electron chi connectivity index (χ4n) is 4.40. The van der Waals surface area contributed by atoms with Crippen molar-refractivity contribution in [2.75, 3.05) is 6.54 Å². The molecule has 3 aromatic rings. The molecular formula is C33H40ClNO4. The first-order valence-corrected chi connectivity index (χ1v) is 14.1. The highest BCUT2D eigenvalue weighted by Gasteiger charge is 2.17. The van der Waals surface area contributed by atoms with Crippen LogP contribution < -0.4 is 10.1 Å². The molecule has 0 radical (unpaired) electrons. The van der Waals surface area contributed by atoms with Crippen molar-refractivity contribution in [3.8, 4) is 16.9 Å². The molecule has 1 amide bonds. The summed E-state index contributed by atoms with van der Waals surface area (Å²) in [4.78, 5) is 23.0. The number of carbonyl (C=O) groups is 2. The Balaban J connectivity index is 1.75. The zero-order chi connectivity index (χ0) is 28.4. The quantitative estimate of drug-likeness (QED) is 0.209. The molecule has 3 rings (SSSR count). The second kappa shape index (κ2) is 14.2. The van der Waals surface area contributed by atoms with E-state index in [1.165, 1.54) is 12.0 Å². The van der Waals surface area contributed by atoms with Crippen molar-refractivity contribution in [3.05, 3.63) is 88.4 Å². The summed E-state index contributed by atoms with van der Waals surface area (Å²) in [6.07, 6.45) is 5.05. The molecule has 6 heteroatoms. The average molecular weight is 550 g/mol. The van der Waals surface area contributed by atoms with Gasteiger partial charge in [0.1, 0.15) is 11.9 Å². The van der Waals surface area contributed by atoms with Gasteiger partial charge in [-0.15, -0.1) is 0 Å². The van der Waals surface area contributed by atoms with E-state index in [-0.39, 0.29) is 30.4 Å². The zero-order valence-electron chi connectivity index (χ0n) is 23.4. The Morgan fingerprint density at radius 1 is 0.949 bits per heavy atom. The Kier molecular flexibility index (Phi) is 11.0. The Bertz CT molecular complexity index is 1230. The third kappa shape index (κ3) is 9.14. The molecule has 3 aromatic carbocycles. The lowest BCUT2D eigenvalue weighted by atomic mass is 9.86. The summed E-state index contributed by atoms with van der Waals surface area (Å²) >= 11 is 6.72. The third-order valence-corrected chi connectivity index (χ3v) is 7.08. The molecule has 0 bridgehead atoms. The molecule has 5 nitrogen and oxygen atoms in total. The van der Waals surface area contributed by atoms with E-state index in [1.807, 2.05) is 30.3 Å². The minimum atomic E-state index is -0.944. The Morgan fingerprint density at radius 2 is 1.64 bits per heavy atom. The monoisotopic (exact) mass is 549 g/mol. The van der Waals surface area contributed by atoms with Gasteiger partial charge in [-0.2, -0.15) is 0 Å². The summed E-state index contributed by atoms with van der Waals surface area (Å²) in [5, 5.41) is 12.0. The number of benzene rings is 3. The number of aliphatic carboxylic acids is 1. The molecule has 208 valence electrons. The largest absolute Gasteiger partial charge is 0.486 e. The van der Waals surface area contributed by atoms with Crippen LogP contribution in [-0.4, -0.2) is 23.5 Å². The SMILES string of the molecule is CCCCCCC(Oc1ccc(-c2ccc(C(C)(C)C)cc2)c(Cl)c1)c1ccc(C(=O)NCCC(=O)O)cc1. The van der Waals surface area contributed by atoms with E-state index in [0.29, 0.717) is 16.3 Å². The number of carbonyl (C=O) groups excluding carboxylic acids is 1. The maximum absolute atomic E-state index is 12.3. The highest BCUT2D eigenvalue weighted by atomic mass is 35.5. The van der Waals surface area contributed by atoms with Gasteiger partial charge in [-0.1, -0.05) is 95.0 Å². The van der Waals surface area contributed by atoms with Gasteiger partial charge in [0.05, 0.1) is 11.4 Å². The predicted octanol–water partition coefficient (Wildman–Crippen LogP) is 8.60. The number of unbranched alkanes of at least 4 members (excludes halogenated alkanes) is 3. The number of nitrogens with one attached hydrogen (secondary N) is 1. The van der Waals surface area contributed by atoms with Crippen LogP contribution in [-0.2, 0) is 10.2 Å². The molecule has 0 aliphatic rings. The summed E-state index contributed by atoms with van der Waals surface area (Å²) in [6, 6.07) is 21.7. The number of hydrogen-bond acceptors (Lipinski definition) is 3. The molecule has 0 aliphatic heterocycles. The first-order chi connectivity index (χ1) is 18.6. The number of hydrogen-bond donors (Lipinski definition) is 2. The van der Waals surface area contributed by atoms with Crippen LogP contribution >= 0.6 is 11.6 Å². The van der Waals surface area contributed by atoms with Gasteiger partial charge < -0.3 is 15.2 Å². The molecule has 0 saturated carbocycles. The predicted molar refractivity (Wildman–Crippen MR) is 159 cm³/mol. The van der Waals surface area contributed by atoms with Crippen molar-refractivity contribution in [1.29, 1.82) is 0 Å². The van der Waals surface area contributed by atoms with Crippen molar-refractivity contribution in [3.63, 3.8) is 0 Å². The molecule has 2 N–H and O–H groups in total. The van der Waals surface area contributed by atoms with E-state index in [4.69, 9.17) is 21.4 Å². The first kappa shape index (κ1) is 30.2. The Labute approximate surface area is 237 Å². The maximum Gasteiger partial charge on any atom is 0.305 e. The minimum Gasteiger partial charge on any atom is -0.486 e. The second-order valence-electron chi connectivity index (χ2n) is 10.9. The van der Waals surface area contributed by atoms with Crippen LogP contribution in [0.4, 0.5) is 0 Å². The van der Waals surface area contributed by atoms with Crippen LogP contribution in [0.5, 0.6) is 5.75 Å². The summed E-state index contributed by atoms with van der Waals surface area (Å²) in [6.45, 7) is 8.88. The van der Waals surface area contributed by atoms with Gasteiger partial charge in [0.25, 0.3) is 5.91 Å². The summed E-state index contributed by atoms with van der Waals surface area (Å²) in [7, 11) is 0. The molecule has 0 saturated heterocycles. The molecule has 1 unspecified atom stereocenters. The fraction of sp³-hybridized carbons (Fsp3) is 0.394. The van der Waals surface area contributed by atoms with E-state index in [1.54, 1.807) is 12.1 Å². The van der Waals surface area contributed by atoms with Crippen LogP contribution in [0, 0.1) is 0 Å². The third-order valence-electron chi connectivity index (χ3n) is 6.77. The normalized spacial score (nSPS) is 12.1. The molecule has 39 heavy (non-hydrogen) atoms. The van der Waals surface area contributed by atoms with E-state index < -0.39 is 5.97 Å². The van der Waals surface area contributed by atoms with Crippen molar-refractivity contribution >= 4 is 23.5 Å². The van der Waals surface area contributed by atoms with Crippen LogP contribution in [0.3, 0.4) is 0 Å². The number of carboxylic acid groups (broad SMARTS) is 1. The Morgan fingerprint density at radius 3 is 2.23 bits per heavy atom. The molecule has 0 aliphatic carbocycles. The van der Waals surface area contributed by atoms with E-state index >= 15 is 0 Å². The molecule has 0 aromatic heterocycles. The van der Waals surface area contributed by atoms with Crippen LogP contribution in [0.25, 0.3) is 11.1 Å². The second-order valence-corrected chi connectivity index (χ2v) is 11.4. The minimum absolute atomic E-state index is 0.0918. The topological polar surface area (TPSA) is 75.6 Å². The van der Waals surface area contributed by atoms with Crippen molar-refractivity contribution in [2.45, 2.75) is 77.7 Å². The van der Waals surface area contributed by atoms with Crippen LogP contribution in [0.15, 0.2) is 66.7 Å². The fourth-order valence-corrected chi connectivity index (χ4v) is 4.68. The van der Waals surface area contributed by atoms with Gasteiger partial charge >= 0.3 is 5.97 Å². The van der Waals surface area contributed by atoms with Gasteiger partial charge in [0.2, 0.25) is 0 Å². The number of rotatable bonds is 13. The van der Waals surface area contributed by atoms with Crippen molar-refractivity contribution in [1.82, 2.24) is 5.32 Å². The summed E-state index contributed by atoms with van der Waals surface area (Å²) < 4.78 is 6.46. The average Bonchev–Trinajstić information content (AvgIpc) is 2.90. The van der Waals surface area contributed by atoms with Crippen molar-refractivity contribution in [2.24, 2.45) is 0 Å². The lowest BCUT2D eigenvalue weighted by Gasteiger charge is -2.21. The molecule has 0 spiro atoms. The number of ether oxygens (including phenoxy) is 1. The van der Waals surface area contributed by atoms with Gasteiger partial charge in [-0.25, -0.2) is 0 Å². The van der Waals surface area contributed by atoms with Crippen LogP contribution in [0.1, 0.15) is 93.8 Å². The lowest BCUT2D eigenvalue weighted by molar-refractivity contribution is -0.136. The van der Waals surface area contributed by atoms with Gasteiger partial charge in [0.15, 0.2) is 0 Å². The van der Waals surface area contributed by atoms with E-state index in [9.17, 15) is 9.59 Å². The lowest BCUT2D eigenvalue weighted by Crippen LogP contribution is -2.26. The highest BCUT2D eigenvalue weighted by Crippen LogP contribution is 2.35. The van der Waals surface area contributed by atoms with E-state index in [0.717, 1.165) is 42.4 Å². The maximum atomic E-state index is 12.3. The molecule has 0 heterocycles. The summed E-state index contributed by atoms with van der Waals surface area (Å²) in [5.74, 6) is -0.535. The first-order valence-electron chi connectivity index (χ1n) is 13.8. The number of amides is 1. The number of carboxylic acids is 1. The summed E-state index contributed by atoms with van der Waals surface area (Å²) in [5.41, 5.74) is 4.85. The molecule has 0 fully saturated rings. The highest BCUT2D eigenvalue weighted by molar-refractivity contribution is 6.33. The van der Waals surface area contributed by atoms with Gasteiger partial charge in [-0.05, 0) is 65.3 Å². The number of halogens is 1. The molecular weight excluding hydrogens is 510 g/mol. The van der Waals surface area contributed by atoms with E-state index in [2.05, 4.69) is 57.3 Å². The van der Waals surface area contributed by atoms with Crippen LogP contribution in [0.2, 0.25) is 5.02 Å².